The van der Waals surface area contributed by atoms with Gasteiger partial charge in [0.25, 0.3) is 5.92 Å². The molecule has 1 heterocycles. The molecule has 12 heavy (non-hydrogen) atoms. The Morgan fingerprint density at radius 2 is 2.17 bits per heavy atom. The molecule has 0 aromatic carbocycles. The summed E-state index contributed by atoms with van der Waals surface area (Å²) in [4.78, 5) is 12.1. The highest BCUT2D eigenvalue weighted by atomic mass is 19.3. The van der Waals surface area contributed by atoms with E-state index >= 15 is 0 Å². The molecule has 1 rings (SSSR count). The summed E-state index contributed by atoms with van der Waals surface area (Å²) in [6, 6.07) is 0. The molecular weight excluding hydrogens is 168 g/mol. The number of carbonyl (C=O) groups is 1. The van der Waals surface area contributed by atoms with Crippen molar-refractivity contribution in [3.8, 4) is 0 Å². The monoisotopic (exact) mass is 179 g/mol. The number of nitrogens with zero attached hydrogens (tertiary/aromatic N) is 1. The summed E-state index contributed by atoms with van der Waals surface area (Å²) in [5.74, 6) is 1.92. The van der Waals surface area contributed by atoms with E-state index in [0.717, 1.165) is 0 Å². The van der Waals surface area contributed by atoms with Gasteiger partial charge < -0.3 is 0 Å². The largest absolute Gasteiger partial charge is 0.294 e. The Morgan fingerprint density at radius 3 is 2.58 bits per heavy atom. The second-order valence-electron chi connectivity index (χ2n) is 2.88. The standard InChI is InChI=1S/C6H11F2N3O/c7-6(8)3-11(4-6)2-1-5(12)10-9/h1-4,9H2,(H,10,12). The van der Waals surface area contributed by atoms with Gasteiger partial charge in [0, 0.05) is 13.0 Å². The molecule has 0 aliphatic carbocycles. The SMILES string of the molecule is NNC(=O)CCN1CC(F)(F)C1. The average molecular weight is 179 g/mol. The number of nitrogens with two attached hydrogens (primary N) is 1. The molecule has 1 saturated heterocycles. The summed E-state index contributed by atoms with van der Waals surface area (Å²) in [7, 11) is 0. The molecular formula is C6H11F2N3O. The molecule has 0 aromatic heterocycles. The Bertz CT molecular complexity index is 178. The molecule has 1 fully saturated rings. The smallest absolute Gasteiger partial charge is 0.272 e. The van der Waals surface area contributed by atoms with Gasteiger partial charge in [-0.25, -0.2) is 14.6 Å². The number of likely N-dealkylation sites (tertiary alicyclic amines) is 1. The number of halogens is 2. The van der Waals surface area contributed by atoms with Crippen LogP contribution in [0.2, 0.25) is 0 Å². The van der Waals surface area contributed by atoms with E-state index in [4.69, 9.17) is 5.84 Å². The zero-order valence-electron chi connectivity index (χ0n) is 6.52. The minimum atomic E-state index is -2.56. The molecule has 1 amide bonds. The maximum Gasteiger partial charge on any atom is 0.272 e. The molecule has 6 heteroatoms. The third kappa shape index (κ3) is 2.38. The second kappa shape index (κ2) is 3.32. The summed E-state index contributed by atoms with van der Waals surface area (Å²) in [6.07, 6.45) is 0.173. The first-order valence-corrected chi connectivity index (χ1v) is 3.63. The van der Waals surface area contributed by atoms with Crippen molar-refractivity contribution in [1.82, 2.24) is 10.3 Å². The molecule has 0 spiro atoms. The van der Waals surface area contributed by atoms with Gasteiger partial charge in [-0.05, 0) is 0 Å². The maximum atomic E-state index is 12.2. The zero-order chi connectivity index (χ0) is 9.19. The quantitative estimate of drug-likeness (QED) is 0.343. The molecule has 0 atom stereocenters. The lowest BCUT2D eigenvalue weighted by molar-refractivity contribution is -0.136. The predicted octanol–water partition coefficient (Wildman–Crippen LogP) is -0.683. The van der Waals surface area contributed by atoms with Gasteiger partial charge in [-0.3, -0.25) is 15.1 Å². The van der Waals surface area contributed by atoms with Crippen LogP contribution in [0.3, 0.4) is 0 Å². The van der Waals surface area contributed by atoms with Crippen molar-refractivity contribution >= 4 is 5.91 Å². The minimum Gasteiger partial charge on any atom is -0.294 e. The van der Waals surface area contributed by atoms with E-state index in [0.29, 0.717) is 6.54 Å². The zero-order valence-corrected chi connectivity index (χ0v) is 6.52. The van der Waals surface area contributed by atoms with E-state index in [1.165, 1.54) is 4.90 Å². The van der Waals surface area contributed by atoms with E-state index in [1.54, 1.807) is 0 Å². The first kappa shape index (κ1) is 9.34. The molecule has 3 N–H and O–H groups in total. The van der Waals surface area contributed by atoms with Crippen LogP contribution >= 0.6 is 0 Å². The van der Waals surface area contributed by atoms with Crippen LogP contribution in [0.4, 0.5) is 8.78 Å². The predicted molar refractivity (Wildman–Crippen MR) is 38.3 cm³/mol. The van der Waals surface area contributed by atoms with Crippen LogP contribution in [-0.4, -0.2) is 36.4 Å². The number of hydrazine groups is 1. The van der Waals surface area contributed by atoms with Crippen LogP contribution in [0.15, 0.2) is 0 Å². The van der Waals surface area contributed by atoms with Gasteiger partial charge in [0.1, 0.15) is 0 Å². The number of amides is 1. The number of rotatable bonds is 3. The number of hydrogen-bond donors (Lipinski definition) is 2. The molecule has 0 saturated carbocycles. The highest BCUT2D eigenvalue weighted by Crippen LogP contribution is 2.26. The molecule has 0 bridgehead atoms. The maximum absolute atomic E-state index is 12.2. The first-order chi connectivity index (χ1) is 5.53. The molecule has 0 aromatic rings. The summed E-state index contributed by atoms with van der Waals surface area (Å²) in [5.41, 5.74) is 1.94. The van der Waals surface area contributed by atoms with Crippen molar-refractivity contribution in [3.05, 3.63) is 0 Å². The molecule has 1 aliphatic rings. The highest BCUT2D eigenvalue weighted by Gasteiger charge is 2.43. The fourth-order valence-electron chi connectivity index (χ4n) is 1.10. The van der Waals surface area contributed by atoms with Crippen molar-refractivity contribution in [2.45, 2.75) is 12.3 Å². The van der Waals surface area contributed by atoms with Crippen LogP contribution in [0.25, 0.3) is 0 Å². The second-order valence-corrected chi connectivity index (χ2v) is 2.88. The topological polar surface area (TPSA) is 58.4 Å². The molecule has 0 radical (unpaired) electrons. The summed E-state index contributed by atoms with van der Waals surface area (Å²) in [5, 5.41) is 0. The van der Waals surface area contributed by atoms with E-state index < -0.39 is 5.92 Å². The van der Waals surface area contributed by atoms with E-state index in [1.807, 2.05) is 5.43 Å². The fourth-order valence-corrected chi connectivity index (χ4v) is 1.10. The van der Waals surface area contributed by atoms with Gasteiger partial charge in [0.2, 0.25) is 5.91 Å². The van der Waals surface area contributed by atoms with Crippen LogP contribution in [0.1, 0.15) is 6.42 Å². The normalized spacial score (nSPS) is 21.6. The highest BCUT2D eigenvalue weighted by molar-refractivity contribution is 5.75. The van der Waals surface area contributed by atoms with E-state index in [-0.39, 0.29) is 25.4 Å². The number of alkyl halides is 2. The fraction of sp³-hybridized carbons (Fsp3) is 0.833. The molecule has 0 unspecified atom stereocenters. The lowest BCUT2D eigenvalue weighted by Crippen LogP contribution is -2.56. The van der Waals surface area contributed by atoms with Gasteiger partial charge >= 0.3 is 0 Å². The van der Waals surface area contributed by atoms with Crippen LogP contribution in [0, 0.1) is 0 Å². The molecule has 4 nitrogen and oxygen atoms in total. The Kier molecular flexibility index (Phi) is 2.58. The van der Waals surface area contributed by atoms with Crippen molar-refractivity contribution in [1.29, 1.82) is 0 Å². The van der Waals surface area contributed by atoms with Gasteiger partial charge in [0.15, 0.2) is 0 Å². The van der Waals surface area contributed by atoms with Gasteiger partial charge in [0.05, 0.1) is 13.1 Å². The molecule has 70 valence electrons. The first-order valence-electron chi connectivity index (χ1n) is 3.63. The van der Waals surface area contributed by atoms with Crippen molar-refractivity contribution in [3.63, 3.8) is 0 Å². The van der Waals surface area contributed by atoms with E-state index in [9.17, 15) is 13.6 Å². The minimum absolute atomic E-state index is 0.173. The van der Waals surface area contributed by atoms with Crippen LogP contribution in [0.5, 0.6) is 0 Å². The van der Waals surface area contributed by atoms with Crippen molar-refractivity contribution < 1.29 is 13.6 Å². The lowest BCUT2D eigenvalue weighted by Gasteiger charge is -2.38. The number of carbonyl (C=O) groups excluding carboxylic acids is 1. The van der Waals surface area contributed by atoms with E-state index in [2.05, 4.69) is 0 Å². The van der Waals surface area contributed by atoms with Crippen molar-refractivity contribution in [2.75, 3.05) is 19.6 Å². The average Bonchev–Trinajstić information content (AvgIpc) is 1.96. The van der Waals surface area contributed by atoms with Gasteiger partial charge in [-0.1, -0.05) is 0 Å². The Labute approximate surface area is 68.7 Å². The van der Waals surface area contributed by atoms with Crippen LogP contribution in [-0.2, 0) is 4.79 Å². The third-order valence-electron chi connectivity index (χ3n) is 1.73. The Hall–Kier alpha value is -0.750. The Morgan fingerprint density at radius 1 is 1.58 bits per heavy atom. The van der Waals surface area contributed by atoms with Crippen LogP contribution < -0.4 is 11.3 Å². The van der Waals surface area contributed by atoms with Crippen molar-refractivity contribution in [2.24, 2.45) is 5.84 Å². The lowest BCUT2D eigenvalue weighted by atomic mass is 10.1. The molecule has 1 aliphatic heterocycles. The van der Waals surface area contributed by atoms with Gasteiger partial charge in [-0.2, -0.15) is 0 Å². The van der Waals surface area contributed by atoms with Gasteiger partial charge in [-0.15, -0.1) is 0 Å². The summed E-state index contributed by atoms with van der Waals surface area (Å²) in [6.45, 7) is -0.145. The Balaban J connectivity index is 2.08. The summed E-state index contributed by atoms with van der Waals surface area (Å²) < 4.78 is 24.5. The summed E-state index contributed by atoms with van der Waals surface area (Å²) >= 11 is 0. The number of hydrogen-bond acceptors (Lipinski definition) is 3. The third-order valence-corrected chi connectivity index (χ3v) is 1.73. The number of nitrogens with one attached hydrogen (secondary N) is 1.